The molecule has 0 aliphatic carbocycles. The number of nitrogens with zero attached hydrogens (tertiary/aromatic N) is 4. The minimum absolute atomic E-state index is 0.0563. The Balaban J connectivity index is 1.65. The summed E-state index contributed by atoms with van der Waals surface area (Å²) in [5.74, 6) is 0. The first-order chi connectivity index (χ1) is 14.8. The molecule has 0 atom stereocenters. The summed E-state index contributed by atoms with van der Waals surface area (Å²) in [5.41, 5.74) is 3.17. The van der Waals surface area contributed by atoms with Gasteiger partial charge in [-0.1, -0.05) is 0 Å². The lowest BCUT2D eigenvalue weighted by atomic mass is 10.2. The van der Waals surface area contributed by atoms with Crippen molar-refractivity contribution in [2.45, 2.75) is 13.1 Å². The number of benzene rings is 3. The van der Waals surface area contributed by atoms with Gasteiger partial charge in [-0.3, -0.25) is 0 Å². The fourth-order valence-corrected chi connectivity index (χ4v) is 2.60. The van der Waals surface area contributed by atoms with Crippen LogP contribution in [0.5, 0.6) is 0 Å². The molecule has 0 heterocycles. The van der Waals surface area contributed by atoms with E-state index in [9.17, 15) is 13.2 Å². The molecule has 3 rings (SSSR count). The van der Waals surface area contributed by atoms with Gasteiger partial charge in [0.05, 0.1) is 34.9 Å². The maximum atomic E-state index is 12.6. The number of alkyl halides is 3. The van der Waals surface area contributed by atoms with Crippen molar-refractivity contribution >= 4 is 28.4 Å². The molecule has 3 aromatic carbocycles. The molecule has 0 bridgehead atoms. The summed E-state index contributed by atoms with van der Waals surface area (Å²) in [4.78, 5) is 0. The highest BCUT2D eigenvalue weighted by molar-refractivity contribution is 5.55. The number of halogens is 3. The predicted octanol–water partition coefficient (Wildman–Crippen LogP) is 7.25. The van der Waals surface area contributed by atoms with Crippen molar-refractivity contribution in [1.82, 2.24) is 0 Å². The molecule has 0 aliphatic heterocycles. The van der Waals surface area contributed by atoms with Crippen molar-refractivity contribution < 1.29 is 18.3 Å². The number of aryl methyl sites for hydroxylation is 1. The number of azo groups is 2. The van der Waals surface area contributed by atoms with Crippen molar-refractivity contribution in [3.8, 4) is 0 Å². The SMILES string of the molecule is Cc1cc(N=Nc2ccc(NCCO)cc2)ccc1N=Nc1ccc(C(F)(F)F)cc1. The average molecular weight is 427 g/mol. The molecule has 0 unspecified atom stereocenters. The molecular formula is C22H20F3N5O. The normalized spacial score (nSPS) is 12.0. The smallest absolute Gasteiger partial charge is 0.395 e. The maximum Gasteiger partial charge on any atom is 0.416 e. The van der Waals surface area contributed by atoms with E-state index in [1.165, 1.54) is 12.1 Å². The van der Waals surface area contributed by atoms with E-state index in [2.05, 4.69) is 25.8 Å². The number of aliphatic hydroxyl groups excluding tert-OH is 1. The van der Waals surface area contributed by atoms with Crippen molar-refractivity contribution in [3.63, 3.8) is 0 Å². The lowest BCUT2D eigenvalue weighted by molar-refractivity contribution is -0.137. The van der Waals surface area contributed by atoms with Crippen LogP contribution in [-0.2, 0) is 6.18 Å². The zero-order chi connectivity index (χ0) is 22.3. The van der Waals surface area contributed by atoms with Crippen molar-refractivity contribution in [2.75, 3.05) is 18.5 Å². The summed E-state index contributed by atoms with van der Waals surface area (Å²) in [6, 6.07) is 17.0. The Morgan fingerprint density at radius 1 is 0.774 bits per heavy atom. The van der Waals surface area contributed by atoms with Crippen LogP contribution in [0.25, 0.3) is 0 Å². The molecule has 0 aliphatic rings. The van der Waals surface area contributed by atoms with Gasteiger partial charge in [0.15, 0.2) is 0 Å². The topological polar surface area (TPSA) is 81.7 Å². The summed E-state index contributed by atoms with van der Waals surface area (Å²) in [5, 5.41) is 28.4. The molecule has 31 heavy (non-hydrogen) atoms. The molecule has 0 spiro atoms. The van der Waals surface area contributed by atoms with E-state index in [0.29, 0.717) is 29.3 Å². The number of nitrogens with one attached hydrogen (secondary N) is 1. The highest BCUT2D eigenvalue weighted by atomic mass is 19.4. The Kier molecular flexibility index (Phi) is 7.09. The van der Waals surface area contributed by atoms with E-state index >= 15 is 0 Å². The Morgan fingerprint density at radius 2 is 1.32 bits per heavy atom. The Bertz CT molecular complexity index is 1060. The molecule has 0 radical (unpaired) electrons. The zero-order valence-electron chi connectivity index (χ0n) is 16.6. The van der Waals surface area contributed by atoms with Crippen LogP contribution >= 0.6 is 0 Å². The first kappa shape index (κ1) is 22.1. The molecule has 0 aromatic heterocycles. The van der Waals surface area contributed by atoms with Crippen LogP contribution in [0, 0.1) is 6.92 Å². The third-order valence-electron chi connectivity index (χ3n) is 4.24. The lowest BCUT2D eigenvalue weighted by Crippen LogP contribution is -2.04. The standard InChI is InChI=1S/C22H20F3N5O/c1-15-14-20(29-27-19-8-6-17(7-9-19)26-12-13-31)10-11-21(15)30-28-18-4-2-16(3-5-18)22(23,24)25/h2-11,14,26,31H,12-13H2,1H3. The summed E-state index contributed by atoms with van der Waals surface area (Å²) in [6.07, 6.45) is -4.38. The molecular weight excluding hydrogens is 407 g/mol. The third kappa shape index (κ3) is 6.45. The molecule has 3 aromatic rings. The lowest BCUT2D eigenvalue weighted by Gasteiger charge is -2.05. The van der Waals surface area contributed by atoms with Crippen LogP contribution in [0.2, 0.25) is 0 Å². The number of aliphatic hydroxyl groups is 1. The summed E-state index contributed by atoms with van der Waals surface area (Å²) in [6.45, 7) is 2.37. The fourth-order valence-electron chi connectivity index (χ4n) is 2.60. The molecule has 9 heteroatoms. The second-order valence-corrected chi connectivity index (χ2v) is 6.61. The number of hydrogen-bond acceptors (Lipinski definition) is 6. The van der Waals surface area contributed by atoms with Gasteiger partial charge in [0.1, 0.15) is 0 Å². The van der Waals surface area contributed by atoms with Crippen LogP contribution in [0.1, 0.15) is 11.1 Å². The molecule has 160 valence electrons. The minimum atomic E-state index is -4.38. The van der Waals surface area contributed by atoms with Gasteiger partial charge in [-0.05, 0) is 79.2 Å². The van der Waals surface area contributed by atoms with E-state index in [4.69, 9.17) is 5.11 Å². The molecule has 0 saturated carbocycles. The van der Waals surface area contributed by atoms with Gasteiger partial charge in [-0.2, -0.15) is 33.6 Å². The highest BCUT2D eigenvalue weighted by Crippen LogP contribution is 2.31. The van der Waals surface area contributed by atoms with Crippen LogP contribution in [0.4, 0.5) is 41.6 Å². The van der Waals surface area contributed by atoms with Crippen LogP contribution in [0.3, 0.4) is 0 Å². The minimum Gasteiger partial charge on any atom is -0.395 e. The Morgan fingerprint density at radius 3 is 1.90 bits per heavy atom. The predicted molar refractivity (Wildman–Crippen MR) is 113 cm³/mol. The van der Waals surface area contributed by atoms with Gasteiger partial charge >= 0.3 is 6.18 Å². The number of hydrogen-bond donors (Lipinski definition) is 2. The Hall–Kier alpha value is -3.59. The monoisotopic (exact) mass is 427 g/mol. The van der Waals surface area contributed by atoms with Gasteiger partial charge in [0.2, 0.25) is 0 Å². The van der Waals surface area contributed by atoms with Crippen LogP contribution in [-0.4, -0.2) is 18.3 Å². The maximum absolute atomic E-state index is 12.6. The number of anilines is 1. The summed E-state index contributed by atoms with van der Waals surface area (Å²) >= 11 is 0. The second-order valence-electron chi connectivity index (χ2n) is 6.61. The van der Waals surface area contributed by atoms with Gasteiger partial charge in [-0.15, -0.1) is 0 Å². The first-order valence-electron chi connectivity index (χ1n) is 9.41. The van der Waals surface area contributed by atoms with E-state index in [1.807, 2.05) is 31.2 Å². The van der Waals surface area contributed by atoms with Gasteiger partial charge in [0.25, 0.3) is 0 Å². The van der Waals surface area contributed by atoms with E-state index in [0.717, 1.165) is 23.4 Å². The molecule has 0 amide bonds. The molecule has 6 nitrogen and oxygen atoms in total. The van der Waals surface area contributed by atoms with Gasteiger partial charge < -0.3 is 10.4 Å². The van der Waals surface area contributed by atoms with Gasteiger partial charge in [-0.25, -0.2) is 0 Å². The van der Waals surface area contributed by atoms with Crippen molar-refractivity contribution in [2.24, 2.45) is 20.5 Å². The van der Waals surface area contributed by atoms with E-state index in [-0.39, 0.29) is 6.61 Å². The largest absolute Gasteiger partial charge is 0.416 e. The second kappa shape index (κ2) is 9.94. The molecule has 2 N–H and O–H groups in total. The quantitative estimate of drug-likeness (QED) is 0.389. The van der Waals surface area contributed by atoms with E-state index in [1.54, 1.807) is 18.2 Å². The molecule has 0 saturated heterocycles. The average Bonchev–Trinajstić information content (AvgIpc) is 2.76. The molecule has 0 fully saturated rings. The zero-order valence-corrected chi connectivity index (χ0v) is 16.6. The highest BCUT2D eigenvalue weighted by Gasteiger charge is 2.29. The van der Waals surface area contributed by atoms with E-state index < -0.39 is 11.7 Å². The fraction of sp³-hybridized carbons (Fsp3) is 0.182. The van der Waals surface area contributed by atoms with Crippen LogP contribution in [0.15, 0.2) is 87.2 Å². The number of rotatable bonds is 7. The van der Waals surface area contributed by atoms with Crippen molar-refractivity contribution in [1.29, 1.82) is 0 Å². The van der Waals surface area contributed by atoms with Crippen LogP contribution < -0.4 is 5.32 Å². The third-order valence-corrected chi connectivity index (χ3v) is 4.24. The summed E-state index contributed by atoms with van der Waals surface area (Å²) < 4.78 is 37.8. The van der Waals surface area contributed by atoms with Gasteiger partial charge in [0, 0.05) is 12.2 Å². The Labute approximate surface area is 177 Å². The van der Waals surface area contributed by atoms with Crippen molar-refractivity contribution in [3.05, 3.63) is 77.9 Å². The first-order valence-corrected chi connectivity index (χ1v) is 9.41. The summed E-state index contributed by atoms with van der Waals surface area (Å²) in [7, 11) is 0.